The predicted octanol–water partition coefficient (Wildman–Crippen LogP) is 1.91. The van der Waals surface area contributed by atoms with Crippen molar-refractivity contribution in [2.75, 3.05) is 13.2 Å². The summed E-state index contributed by atoms with van der Waals surface area (Å²) in [5.74, 6) is -1.51. The molecule has 1 aromatic rings. The third kappa shape index (κ3) is 6.10. The van der Waals surface area contributed by atoms with Gasteiger partial charge in [-0.1, -0.05) is 0 Å². The molecule has 0 spiro atoms. The first-order valence-electron chi connectivity index (χ1n) is 6.72. The Morgan fingerprint density at radius 3 is 2.55 bits per heavy atom. The van der Waals surface area contributed by atoms with E-state index >= 15 is 0 Å². The lowest BCUT2D eigenvalue weighted by atomic mass is 10.1. The molecule has 0 saturated carbocycles. The number of thiazole rings is 1. The van der Waals surface area contributed by atoms with Gasteiger partial charge in [-0.15, -0.1) is 11.3 Å². The Labute approximate surface area is 140 Å². The Morgan fingerprint density at radius 2 is 2.00 bits per heavy atom. The van der Waals surface area contributed by atoms with E-state index in [9.17, 15) is 14.4 Å². The molecular formula is C13H17BrN2O5S. The number of esters is 2. The van der Waals surface area contributed by atoms with E-state index in [4.69, 9.17) is 9.47 Å². The minimum Gasteiger partial charge on any atom is -0.466 e. The minimum atomic E-state index is -0.919. The van der Waals surface area contributed by atoms with Gasteiger partial charge in [0.2, 0.25) is 0 Å². The highest BCUT2D eigenvalue weighted by molar-refractivity contribution is 9.11. The molecule has 0 aliphatic carbocycles. The fourth-order valence-corrected chi connectivity index (χ4v) is 2.57. The number of rotatable bonds is 8. The van der Waals surface area contributed by atoms with Crippen LogP contribution in [0.15, 0.2) is 9.30 Å². The van der Waals surface area contributed by atoms with Crippen molar-refractivity contribution in [1.29, 1.82) is 0 Å². The van der Waals surface area contributed by atoms with Gasteiger partial charge in [0.25, 0.3) is 5.91 Å². The van der Waals surface area contributed by atoms with Gasteiger partial charge in [-0.3, -0.25) is 9.59 Å². The van der Waals surface area contributed by atoms with Gasteiger partial charge < -0.3 is 14.8 Å². The topological polar surface area (TPSA) is 94.6 Å². The first kappa shape index (κ1) is 18.6. The van der Waals surface area contributed by atoms with E-state index in [0.29, 0.717) is 3.92 Å². The number of nitrogens with zero attached hydrogens (tertiary/aromatic N) is 1. The maximum absolute atomic E-state index is 12.0. The van der Waals surface area contributed by atoms with Crippen molar-refractivity contribution in [3.05, 3.63) is 15.0 Å². The van der Waals surface area contributed by atoms with E-state index < -0.39 is 23.9 Å². The fourth-order valence-electron chi connectivity index (χ4n) is 1.58. The van der Waals surface area contributed by atoms with Crippen molar-refractivity contribution in [3.8, 4) is 0 Å². The summed E-state index contributed by atoms with van der Waals surface area (Å²) in [4.78, 5) is 39.3. The van der Waals surface area contributed by atoms with Crippen LogP contribution in [0, 0.1) is 0 Å². The Kier molecular flexibility index (Phi) is 8.03. The van der Waals surface area contributed by atoms with Gasteiger partial charge in [0.1, 0.15) is 11.7 Å². The maximum Gasteiger partial charge on any atom is 0.328 e. The van der Waals surface area contributed by atoms with Crippen molar-refractivity contribution in [3.63, 3.8) is 0 Å². The molecule has 122 valence electrons. The summed E-state index contributed by atoms with van der Waals surface area (Å²) in [5, 5.41) is 4.09. The number of ether oxygens (including phenoxy) is 2. The largest absolute Gasteiger partial charge is 0.466 e. The molecule has 1 atom stereocenters. The number of carbonyl (C=O) groups excluding carboxylic acids is 3. The minimum absolute atomic E-state index is 0.0123. The quantitative estimate of drug-likeness (QED) is 0.678. The van der Waals surface area contributed by atoms with Crippen molar-refractivity contribution < 1.29 is 23.9 Å². The summed E-state index contributed by atoms with van der Waals surface area (Å²) in [6.45, 7) is 3.82. The second-order valence-electron chi connectivity index (χ2n) is 4.11. The third-order valence-electron chi connectivity index (χ3n) is 2.53. The van der Waals surface area contributed by atoms with Gasteiger partial charge in [0.15, 0.2) is 3.92 Å². The van der Waals surface area contributed by atoms with Crippen LogP contribution in [0.4, 0.5) is 0 Å². The smallest absolute Gasteiger partial charge is 0.328 e. The maximum atomic E-state index is 12.0. The molecule has 7 nitrogen and oxygen atoms in total. The second-order valence-corrected chi connectivity index (χ2v) is 6.24. The molecule has 0 bridgehead atoms. The molecule has 1 rings (SSSR count). The van der Waals surface area contributed by atoms with E-state index in [-0.39, 0.29) is 31.7 Å². The Bertz CT molecular complexity index is 534. The Hall–Kier alpha value is -1.48. The summed E-state index contributed by atoms with van der Waals surface area (Å²) < 4.78 is 10.3. The molecule has 0 aliphatic heterocycles. The highest BCUT2D eigenvalue weighted by Gasteiger charge is 2.24. The van der Waals surface area contributed by atoms with Gasteiger partial charge in [-0.05, 0) is 36.2 Å². The third-order valence-corrected chi connectivity index (χ3v) is 3.89. The van der Waals surface area contributed by atoms with Gasteiger partial charge in [-0.25, -0.2) is 9.78 Å². The molecule has 1 heterocycles. The standard InChI is InChI=1S/C13H17BrN2O5S/c1-3-20-10(17)6-5-8(12(19)21-4-2)15-11(18)9-7-22-13(14)16-9/h7-8H,3-6H2,1-2H3,(H,15,18)/t8-/m0/s1. The van der Waals surface area contributed by atoms with Crippen LogP contribution in [0.3, 0.4) is 0 Å². The number of hydrogen-bond acceptors (Lipinski definition) is 7. The molecule has 9 heteroatoms. The average Bonchev–Trinajstić information content (AvgIpc) is 2.90. The lowest BCUT2D eigenvalue weighted by molar-refractivity contribution is -0.146. The number of hydrogen-bond donors (Lipinski definition) is 1. The van der Waals surface area contributed by atoms with Crippen LogP contribution >= 0.6 is 27.3 Å². The number of amides is 1. The van der Waals surface area contributed by atoms with Crippen molar-refractivity contribution in [2.45, 2.75) is 32.7 Å². The molecular weight excluding hydrogens is 376 g/mol. The molecule has 0 aromatic carbocycles. The van der Waals surface area contributed by atoms with Crippen LogP contribution in [0.5, 0.6) is 0 Å². The number of nitrogens with one attached hydrogen (secondary N) is 1. The van der Waals surface area contributed by atoms with E-state index in [1.165, 1.54) is 11.3 Å². The molecule has 22 heavy (non-hydrogen) atoms. The van der Waals surface area contributed by atoms with Crippen molar-refractivity contribution in [1.82, 2.24) is 10.3 Å². The van der Waals surface area contributed by atoms with Crippen LogP contribution in [0.2, 0.25) is 0 Å². The van der Waals surface area contributed by atoms with Gasteiger partial charge in [-0.2, -0.15) is 0 Å². The second kappa shape index (κ2) is 9.52. The zero-order chi connectivity index (χ0) is 16.5. The molecule has 0 aliphatic rings. The lowest BCUT2D eigenvalue weighted by Gasteiger charge is -2.16. The summed E-state index contributed by atoms with van der Waals surface area (Å²) >= 11 is 4.42. The van der Waals surface area contributed by atoms with Gasteiger partial charge in [0.05, 0.1) is 13.2 Å². The molecule has 0 saturated heterocycles. The lowest BCUT2D eigenvalue weighted by Crippen LogP contribution is -2.42. The first-order chi connectivity index (χ1) is 10.5. The monoisotopic (exact) mass is 392 g/mol. The highest BCUT2D eigenvalue weighted by atomic mass is 79.9. The van der Waals surface area contributed by atoms with Crippen molar-refractivity contribution in [2.24, 2.45) is 0 Å². The highest BCUT2D eigenvalue weighted by Crippen LogP contribution is 2.16. The number of aromatic nitrogens is 1. The zero-order valence-electron chi connectivity index (χ0n) is 12.3. The van der Waals surface area contributed by atoms with Gasteiger partial charge >= 0.3 is 11.9 Å². The van der Waals surface area contributed by atoms with E-state index in [2.05, 4.69) is 26.2 Å². The Balaban J connectivity index is 2.66. The number of halogens is 1. The summed E-state index contributed by atoms with van der Waals surface area (Å²) in [7, 11) is 0. The summed E-state index contributed by atoms with van der Waals surface area (Å²) in [6.07, 6.45) is 0.118. The zero-order valence-corrected chi connectivity index (χ0v) is 14.7. The molecule has 0 fully saturated rings. The van der Waals surface area contributed by atoms with E-state index in [1.807, 2.05) is 0 Å². The fraction of sp³-hybridized carbons (Fsp3) is 0.538. The first-order valence-corrected chi connectivity index (χ1v) is 8.39. The Morgan fingerprint density at radius 1 is 1.32 bits per heavy atom. The number of carbonyl (C=O) groups is 3. The van der Waals surface area contributed by atoms with Crippen LogP contribution < -0.4 is 5.32 Å². The van der Waals surface area contributed by atoms with Crippen molar-refractivity contribution >= 4 is 45.1 Å². The average molecular weight is 393 g/mol. The molecule has 1 N–H and O–H groups in total. The predicted molar refractivity (Wildman–Crippen MR) is 83.6 cm³/mol. The summed E-state index contributed by atoms with van der Waals surface area (Å²) in [6, 6.07) is -0.919. The van der Waals surface area contributed by atoms with Crippen LogP contribution in [-0.4, -0.2) is 42.1 Å². The summed E-state index contributed by atoms with van der Waals surface area (Å²) in [5.41, 5.74) is 0.197. The molecule has 1 aromatic heterocycles. The normalized spacial score (nSPS) is 11.6. The molecule has 0 unspecified atom stereocenters. The van der Waals surface area contributed by atoms with Gasteiger partial charge in [0, 0.05) is 11.8 Å². The van der Waals surface area contributed by atoms with Crippen LogP contribution in [0.25, 0.3) is 0 Å². The van der Waals surface area contributed by atoms with E-state index in [0.717, 1.165) is 0 Å². The molecule has 1 amide bonds. The van der Waals surface area contributed by atoms with E-state index in [1.54, 1.807) is 19.2 Å². The van der Waals surface area contributed by atoms with Crippen LogP contribution in [0.1, 0.15) is 37.2 Å². The SMILES string of the molecule is CCOC(=O)CC[C@H](NC(=O)c1csc(Br)n1)C(=O)OCC. The molecule has 0 radical (unpaired) electrons. The van der Waals surface area contributed by atoms with Crippen LogP contribution in [-0.2, 0) is 19.1 Å².